The van der Waals surface area contributed by atoms with Gasteiger partial charge in [-0.05, 0) is 31.2 Å². The number of methoxy groups -OCH3 is 1. The molecule has 0 N–H and O–H groups in total. The number of hydrogen-bond acceptors (Lipinski definition) is 4. The highest BCUT2D eigenvalue weighted by Gasteiger charge is 2.25. The van der Waals surface area contributed by atoms with Gasteiger partial charge in [-0.2, -0.15) is 0 Å². The predicted octanol–water partition coefficient (Wildman–Crippen LogP) is 2.40. The summed E-state index contributed by atoms with van der Waals surface area (Å²) in [6.45, 7) is 1.68. The molecule has 124 valence electrons. The minimum atomic E-state index is -3.78. The van der Waals surface area contributed by atoms with Crippen LogP contribution < -0.4 is 4.74 Å². The molecule has 1 aromatic carbocycles. The quantitative estimate of drug-likeness (QED) is 0.811. The van der Waals surface area contributed by atoms with Crippen molar-refractivity contribution in [2.75, 3.05) is 20.7 Å². The lowest BCUT2D eigenvalue weighted by Gasteiger charge is -2.19. The molecule has 0 unspecified atom stereocenters. The number of ether oxygens (including phenoxy) is 1. The van der Waals surface area contributed by atoms with Gasteiger partial charge in [0, 0.05) is 37.5 Å². The summed E-state index contributed by atoms with van der Waals surface area (Å²) in [5.74, 6) is -0.635. The van der Waals surface area contributed by atoms with Crippen molar-refractivity contribution in [2.24, 2.45) is 0 Å². The van der Waals surface area contributed by atoms with E-state index in [9.17, 15) is 12.8 Å². The van der Waals surface area contributed by atoms with Gasteiger partial charge < -0.3 is 4.74 Å². The topological polar surface area (TPSA) is 59.5 Å². The van der Waals surface area contributed by atoms with Crippen LogP contribution in [-0.4, -0.2) is 38.4 Å². The fourth-order valence-electron chi connectivity index (χ4n) is 2.19. The molecule has 2 rings (SSSR count). The third-order valence-electron chi connectivity index (χ3n) is 3.62. The largest absolute Gasteiger partial charge is 0.494 e. The number of halogens is 1. The van der Waals surface area contributed by atoms with Crippen molar-refractivity contribution < 1.29 is 17.5 Å². The van der Waals surface area contributed by atoms with Crippen molar-refractivity contribution in [3.63, 3.8) is 0 Å². The maximum atomic E-state index is 14.1. The smallest absolute Gasteiger partial charge is 0.243 e. The predicted molar refractivity (Wildman–Crippen MR) is 85.4 cm³/mol. The lowest BCUT2D eigenvalue weighted by Crippen LogP contribution is -2.30. The maximum absolute atomic E-state index is 14.1. The molecule has 0 spiro atoms. The lowest BCUT2D eigenvalue weighted by atomic mass is 10.2. The molecule has 23 heavy (non-hydrogen) atoms. The first-order valence-electron chi connectivity index (χ1n) is 7.07. The first kappa shape index (κ1) is 17.4. The number of sulfonamides is 1. The number of aromatic nitrogens is 1. The van der Waals surface area contributed by atoms with Gasteiger partial charge in [0.25, 0.3) is 0 Å². The Kier molecular flexibility index (Phi) is 5.33. The normalized spacial score (nSPS) is 11.7. The van der Waals surface area contributed by atoms with Gasteiger partial charge in [-0.1, -0.05) is 6.07 Å². The molecule has 5 nitrogen and oxygen atoms in total. The zero-order valence-corrected chi connectivity index (χ0v) is 14.1. The van der Waals surface area contributed by atoms with Crippen LogP contribution in [0.2, 0.25) is 0 Å². The van der Waals surface area contributed by atoms with Gasteiger partial charge in [0.2, 0.25) is 10.0 Å². The first-order chi connectivity index (χ1) is 10.9. The third-order valence-corrected chi connectivity index (χ3v) is 5.62. The summed E-state index contributed by atoms with van der Waals surface area (Å²) in [5.41, 5.74) is 0.848. The van der Waals surface area contributed by atoms with Gasteiger partial charge >= 0.3 is 0 Å². The zero-order chi connectivity index (χ0) is 17.0. The van der Waals surface area contributed by atoms with Crippen LogP contribution in [0, 0.1) is 12.7 Å². The molecule has 2 aromatic rings. The summed E-state index contributed by atoms with van der Waals surface area (Å²) >= 11 is 0. The minimum absolute atomic E-state index is 0.0255. The Labute approximate surface area is 135 Å². The molecule has 7 heteroatoms. The Balaban J connectivity index is 2.22. The monoisotopic (exact) mass is 338 g/mol. The van der Waals surface area contributed by atoms with Gasteiger partial charge in [-0.3, -0.25) is 4.98 Å². The molecule has 0 radical (unpaired) electrons. The van der Waals surface area contributed by atoms with Crippen LogP contribution in [0.5, 0.6) is 5.75 Å². The van der Waals surface area contributed by atoms with Crippen molar-refractivity contribution in [1.82, 2.24) is 9.29 Å². The molecule has 0 atom stereocenters. The molecule has 0 saturated carbocycles. The van der Waals surface area contributed by atoms with Crippen molar-refractivity contribution in [2.45, 2.75) is 18.2 Å². The summed E-state index contributed by atoms with van der Waals surface area (Å²) < 4.78 is 45.4. The third kappa shape index (κ3) is 3.68. The number of benzene rings is 1. The molecule has 0 aliphatic carbocycles. The summed E-state index contributed by atoms with van der Waals surface area (Å²) in [4.78, 5) is 4.11. The Morgan fingerprint density at radius 2 is 2.00 bits per heavy atom. The second kappa shape index (κ2) is 7.06. The fraction of sp³-hybridized carbons (Fsp3) is 0.312. The van der Waals surface area contributed by atoms with E-state index in [4.69, 9.17) is 4.74 Å². The van der Waals surface area contributed by atoms with Gasteiger partial charge in [0.05, 0.1) is 12.0 Å². The molecule has 0 saturated heterocycles. The number of hydrogen-bond donors (Lipinski definition) is 0. The molecular weight excluding hydrogens is 319 g/mol. The van der Waals surface area contributed by atoms with E-state index >= 15 is 0 Å². The van der Waals surface area contributed by atoms with Gasteiger partial charge in [-0.15, -0.1) is 0 Å². The summed E-state index contributed by atoms with van der Waals surface area (Å²) in [6, 6.07) is 8.16. The van der Waals surface area contributed by atoms with E-state index in [2.05, 4.69) is 4.98 Å². The second-order valence-electron chi connectivity index (χ2n) is 5.10. The van der Waals surface area contributed by atoms with Crippen LogP contribution >= 0.6 is 0 Å². The van der Waals surface area contributed by atoms with Crippen molar-refractivity contribution >= 4 is 10.0 Å². The van der Waals surface area contributed by atoms with E-state index in [-0.39, 0.29) is 22.8 Å². The van der Waals surface area contributed by atoms with Gasteiger partial charge in [-0.25, -0.2) is 17.1 Å². The molecule has 0 aliphatic heterocycles. The minimum Gasteiger partial charge on any atom is -0.494 e. The van der Waals surface area contributed by atoms with Crippen molar-refractivity contribution in [3.05, 3.63) is 53.6 Å². The highest BCUT2D eigenvalue weighted by molar-refractivity contribution is 7.89. The number of likely N-dealkylation sites (N-methyl/N-ethyl adjacent to an activating group) is 1. The molecule has 0 aliphatic rings. The molecule has 1 aromatic heterocycles. The highest BCUT2D eigenvalue weighted by Crippen LogP contribution is 2.27. The summed E-state index contributed by atoms with van der Waals surface area (Å²) in [5, 5.41) is 0. The van der Waals surface area contributed by atoms with Crippen LogP contribution in [-0.2, 0) is 16.4 Å². The van der Waals surface area contributed by atoms with E-state index < -0.39 is 15.8 Å². The molecule has 0 amide bonds. The highest BCUT2D eigenvalue weighted by atomic mass is 32.2. The van der Waals surface area contributed by atoms with Gasteiger partial charge in [0.15, 0.2) is 11.6 Å². The standard InChI is InChI=1S/C16H19FN2O3S/c1-12-15(8-7-14(22-3)16(12)17)23(20,21)19(2)11-9-13-6-4-5-10-18-13/h4-8,10H,9,11H2,1-3H3. The number of rotatable bonds is 6. The Morgan fingerprint density at radius 3 is 2.61 bits per heavy atom. The SMILES string of the molecule is COc1ccc(S(=O)(=O)N(C)CCc2ccccn2)c(C)c1F. The van der Waals surface area contributed by atoms with Crippen LogP contribution in [0.15, 0.2) is 41.4 Å². The van der Waals surface area contributed by atoms with Crippen LogP contribution in [0.3, 0.4) is 0 Å². The average molecular weight is 338 g/mol. The first-order valence-corrected chi connectivity index (χ1v) is 8.51. The molecule has 1 heterocycles. The van der Waals surface area contributed by atoms with Gasteiger partial charge in [0.1, 0.15) is 0 Å². The molecule has 0 fully saturated rings. The summed E-state index contributed by atoms with van der Waals surface area (Å²) in [7, 11) is -0.967. The van der Waals surface area contributed by atoms with Crippen molar-refractivity contribution in [1.29, 1.82) is 0 Å². The maximum Gasteiger partial charge on any atom is 0.243 e. The van der Waals surface area contributed by atoms with E-state index in [1.807, 2.05) is 12.1 Å². The number of nitrogens with zero attached hydrogens (tertiary/aromatic N) is 2. The second-order valence-corrected chi connectivity index (χ2v) is 7.12. The van der Waals surface area contributed by atoms with Crippen LogP contribution in [0.1, 0.15) is 11.3 Å². The lowest BCUT2D eigenvalue weighted by molar-refractivity contribution is 0.383. The Hall–Kier alpha value is -1.99. The summed E-state index contributed by atoms with van der Waals surface area (Å²) in [6.07, 6.45) is 2.14. The molecular formula is C16H19FN2O3S. The van der Waals surface area contributed by atoms with Crippen LogP contribution in [0.4, 0.5) is 4.39 Å². The number of pyridine rings is 1. The van der Waals surface area contributed by atoms with E-state index in [0.717, 1.165) is 5.69 Å². The average Bonchev–Trinajstić information content (AvgIpc) is 2.55. The zero-order valence-electron chi connectivity index (χ0n) is 13.3. The van der Waals surface area contributed by atoms with Crippen molar-refractivity contribution in [3.8, 4) is 5.75 Å². The van der Waals surface area contributed by atoms with Crippen LogP contribution in [0.25, 0.3) is 0 Å². The van der Waals surface area contributed by atoms with E-state index in [1.165, 1.54) is 37.5 Å². The fourth-order valence-corrected chi connectivity index (χ4v) is 3.57. The van der Waals surface area contributed by atoms with E-state index in [0.29, 0.717) is 6.42 Å². The Bertz CT molecular complexity index is 779. The Morgan fingerprint density at radius 1 is 1.26 bits per heavy atom. The molecule has 0 bridgehead atoms. The van der Waals surface area contributed by atoms with E-state index in [1.54, 1.807) is 12.3 Å².